The number of hydrogen-bond donors (Lipinski definition) is 0. The van der Waals surface area contributed by atoms with Crippen LogP contribution in [0.3, 0.4) is 0 Å². The predicted octanol–water partition coefficient (Wildman–Crippen LogP) is 3.34. The first-order valence-electron chi connectivity index (χ1n) is 6.58. The highest BCUT2D eigenvalue weighted by molar-refractivity contribution is 7.92. The summed E-state index contributed by atoms with van der Waals surface area (Å²) in [5.41, 5.74) is 0.975. The molecule has 4 heteroatoms. The van der Waals surface area contributed by atoms with Gasteiger partial charge in [0.15, 0.2) is 9.84 Å². The average Bonchev–Trinajstić information content (AvgIpc) is 2.35. The van der Waals surface area contributed by atoms with E-state index in [2.05, 4.69) is 0 Å². The first kappa shape index (κ1) is 15.9. The normalized spacial score (nSPS) is 13.5. The SMILES string of the molecule is CC(=O)CCC(C)c1cccc(S(=O)(=O)C(C)C)c1. The van der Waals surface area contributed by atoms with Crippen LogP contribution >= 0.6 is 0 Å². The summed E-state index contributed by atoms with van der Waals surface area (Å²) < 4.78 is 24.2. The molecule has 19 heavy (non-hydrogen) atoms. The molecule has 0 saturated carbocycles. The Labute approximate surface area is 116 Å². The van der Waals surface area contributed by atoms with Gasteiger partial charge in [-0.1, -0.05) is 19.1 Å². The summed E-state index contributed by atoms with van der Waals surface area (Å²) >= 11 is 0. The van der Waals surface area contributed by atoms with Gasteiger partial charge in [-0.2, -0.15) is 0 Å². The lowest BCUT2D eigenvalue weighted by Gasteiger charge is -2.14. The number of carbonyl (C=O) groups is 1. The van der Waals surface area contributed by atoms with Crippen molar-refractivity contribution in [3.63, 3.8) is 0 Å². The summed E-state index contributed by atoms with van der Waals surface area (Å²) in [6.45, 7) is 6.96. The van der Waals surface area contributed by atoms with Crippen molar-refractivity contribution in [1.82, 2.24) is 0 Å². The van der Waals surface area contributed by atoms with Crippen LogP contribution in [-0.2, 0) is 14.6 Å². The van der Waals surface area contributed by atoms with Crippen molar-refractivity contribution >= 4 is 15.6 Å². The Hall–Kier alpha value is -1.16. The van der Waals surface area contributed by atoms with Gasteiger partial charge in [0, 0.05) is 6.42 Å². The van der Waals surface area contributed by atoms with Crippen LogP contribution in [0.2, 0.25) is 0 Å². The van der Waals surface area contributed by atoms with Gasteiger partial charge in [0.1, 0.15) is 5.78 Å². The van der Waals surface area contributed by atoms with Gasteiger partial charge in [-0.05, 0) is 50.8 Å². The fourth-order valence-electron chi connectivity index (χ4n) is 1.86. The molecule has 1 atom stereocenters. The van der Waals surface area contributed by atoms with Crippen molar-refractivity contribution < 1.29 is 13.2 Å². The number of rotatable bonds is 6. The highest BCUT2D eigenvalue weighted by Crippen LogP contribution is 2.25. The Bertz CT molecular complexity index is 544. The smallest absolute Gasteiger partial charge is 0.180 e. The van der Waals surface area contributed by atoms with E-state index < -0.39 is 15.1 Å². The molecular weight excluding hydrogens is 260 g/mol. The van der Waals surface area contributed by atoms with Gasteiger partial charge >= 0.3 is 0 Å². The second-order valence-electron chi connectivity index (χ2n) is 5.31. The number of ketones is 1. The summed E-state index contributed by atoms with van der Waals surface area (Å²) in [7, 11) is -3.23. The maximum Gasteiger partial charge on any atom is 0.180 e. The second kappa shape index (κ2) is 6.33. The second-order valence-corrected chi connectivity index (χ2v) is 7.81. The number of carbonyl (C=O) groups excluding carboxylic acids is 1. The van der Waals surface area contributed by atoms with E-state index in [0.29, 0.717) is 11.3 Å². The molecule has 0 spiro atoms. The molecule has 0 amide bonds. The Morgan fingerprint density at radius 2 is 1.84 bits per heavy atom. The van der Waals surface area contributed by atoms with Crippen LogP contribution in [0.4, 0.5) is 0 Å². The van der Waals surface area contributed by atoms with E-state index in [4.69, 9.17) is 0 Å². The lowest BCUT2D eigenvalue weighted by atomic mass is 9.95. The summed E-state index contributed by atoms with van der Waals surface area (Å²) in [6, 6.07) is 7.07. The van der Waals surface area contributed by atoms with Crippen LogP contribution < -0.4 is 0 Å². The molecule has 0 N–H and O–H groups in total. The maximum atomic E-state index is 12.1. The van der Waals surface area contributed by atoms with Gasteiger partial charge in [0.2, 0.25) is 0 Å². The third-order valence-electron chi connectivity index (χ3n) is 3.31. The fraction of sp³-hybridized carbons (Fsp3) is 0.533. The zero-order valence-corrected chi connectivity index (χ0v) is 12.8. The molecule has 0 aliphatic heterocycles. The summed E-state index contributed by atoms with van der Waals surface area (Å²) in [5, 5.41) is -0.421. The van der Waals surface area contributed by atoms with E-state index >= 15 is 0 Å². The summed E-state index contributed by atoms with van der Waals surface area (Å²) in [5.74, 6) is 0.351. The van der Waals surface area contributed by atoms with Crippen LogP contribution in [0, 0.1) is 0 Å². The average molecular weight is 282 g/mol. The standard InChI is InChI=1S/C15H22O3S/c1-11(2)19(17,18)15-7-5-6-14(10-15)12(3)8-9-13(4)16/h5-7,10-12H,8-9H2,1-4H3. The molecule has 0 heterocycles. The highest BCUT2D eigenvalue weighted by Gasteiger charge is 2.20. The Morgan fingerprint density at radius 1 is 1.21 bits per heavy atom. The molecule has 3 nitrogen and oxygen atoms in total. The van der Waals surface area contributed by atoms with Crippen molar-refractivity contribution in [2.24, 2.45) is 0 Å². The van der Waals surface area contributed by atoms with E-state index in [1.807, 2.05) is 13.0 Å². The van der Waals surface area contributed by atoms with Gasteiger partial charge in [0.25, 0.3) is 0 Å². The number of hydrogen-bond acceptors (Lipinski definition) is 3. The van der Waals surface area contributed by atoms with Crippen molar-refractivity contribution in [3.8, 4) is 0 Å². The zero-order chi connectivity index (χ0) is 14.6. The minimum atomic E-state index is -3.23. The quantitative estimate of drug-likeness (QED) is 0.804. The molecule has 1 rings (SSSR count). The van der Waals surface area contributed by atoms with Crippen molar-refractivity contribution in [3.05, 3.63) is 29.8 Å². The molecule has 106 valence electrons. The molecule has 0 saturated heterocycles. The molecule has 0 fully saturated rings. The van der Waals surface area contributed by atoms with Gasteiger partial charge in [0.05, 0.1) is 10.1 Å². The van der Waals surface area contributed by atoms with E-state index in [1.165, 1.54) is 0 Å². The minimum absolute atomic E-state index is 0.165. The monoisotopic (exact) mass is 282 g/mol. The minimum Gasteiger partial charge on any atom is -0.300 e. The van der Waals surface area contributed by atoms with E-state index in [0.717, 1.165) is 12.0 Å². The first-order valence-corrected chi connectivity index (χ1v) is 8.13. The van der Waals surface area contributed by atoms with E-state index in [1.54, 1.807) is 39.0 Å². The Morgan fingerprint density at radius 3 is 2.37 bits per heavy atom. The molecule has 0 aliphatic carbocycles. The van der Waals surface area contributed by atoms with Gasteiger partial charge < -0.3 is 4.79 Å². The molecule has 1 aromatic rings. The maximum absolute atomic E-state index is 12.1. The van der Waals surface area contributed by atoms with E-state index in [9.17, 15) is 13.2 Å². The van der Waals surface area contributed by atoms with Crippen LogP contribution in [0.25, 0.3) is 0 Å². The van der Waals surface area contributed by atoms with Gasteiger partial charge in [-0.3, -0.25) is 0 Å². The van der Waals surface area contributed by atoms with Crippen molar-refractivity contribution in [1.29, 1.82) is 0 Å². The highest BCUT2D eigenvalue weighted by atomic mass is 32.2. The van der Waals surface area contributed by atoms with Crippen LogP contribution in [0.1, 0.15) is 52.0 Å². The van der Waals surface area contributed by atoms with Gasteiger partial charge in [-0.25, -0.2) is 8.42 Å². The lowest BCUT2D eigenvalue weighted by Crippen LogP contribution is -2.14. The number of sulfone groups is 1. The number of benzene rings is 1. The third-order valence-corrected chi connectivity index (χ3v) is 5.46. The summed E-state index contributed by atoms with van der Waals surface area (Å²) in [6.07, 6.45) is 1.28. The topological polar surface area (TPSA) is 51.2 Å². The Balaban J connectivity index is 2.98. The third kappa shape index (κ3) is 4.16. The van der Waals surface area contributed by atoms with E-state index in [-0.39, 0.29) is 11.7 Å². The zero-order valence-electron chi connectivity index (χ0n) is 12.0. The molecule has 0 aromatic heterocycles. The van der Waals surface area contributed by atoms with Crippen molar-refractivity contribution in [2.75, 3.05) is 0 Å². The molecular formula is C15H22O3S. The van der Waals surface area contributed by atoms with Crippen LogP contribution in [-0.4, -0.2) is 19.5 Å². The fourth-order valence-corrected chi connectivity index (χ4v) is 2.97. The van der Waals surface area contributed by atoms with Gasteiger partial charge in [-0.15, -0.1) is 0 Å². The lowest BCUT2D eigenvalue weighted by molar-refractivity contribution is -0.117. The molecule has 1 aromatic carbocycles. The van der Waals surface area contributed by atoms with Crippen LogP contribution in [0.15, 0.2) is 29.2 Å². The molecule has 0 bridgehead atoms. The number of Topliss-reactive ketones (excluding diaryl/α,β-unsaturated/α-hetero) is 1. The first-order chi connectivity index (χ1) is 8.75. The molecule has 0 radical (unpaired) electrons. The Kier molecular flexibility index (Phi) is 5.29. The van der Waals surface area contributed by atoms with Crippen LogP contribution in [0.5, 0.6) is 0 Å². The van der Waals surface area contributed by atoms with Crippen molar-refractivity contribution in [2.45, 2.75) is 56.6 Å². The predicted molar refractivity (Wildman–Crippen MR) is 77.1 cm³/mol. The summed E-state index contributed by atoms with van der Waals surface area (Å²) in [4.78, 5) is 11.4. The molecule has 0 aliphatic rings. The molecule has 1 unspecified atom stereocenters. The largest absolute Gasteiger partial charge is 0.300 e.